The quantitative estimate of drug-likeness (QED) is 0.299. The number of rotatable bonds is 5. The Morgan fingerprint density at radius 2 is 2.20 bits per heavy atom. The van der Waals surface area contributed by atoms with Gasteiger partial charge in [-0.05, 0) is 6.42 Å². The van der Waals surface area contributed by atoms with Gasteiger partial charge in [0.15, 0.2) is 6.10 Å². The molecule has 0 aliphatic heterocycles. The molecule has 0 fully saturated rings. The highest BCUT2D eigenvalue weighted by Crippen LogP contribution is 2.08. The van der Waals surface area contributed by atoms with Gasteiger partial charge in [-0.3, -0.25) is 0 Å². The average Bonchev–Trinajstić information content (AvgIpc) is 2.26. The van der Waals surface area contributed by atoms with Gasteiger partial charge in [0.1, 0.15) is 0 Å². The van der Waals surface area contributed by atoms with Crippen LogP contribution < -0.4 is 0 Å². The van der Waals surface area contributed by atoms with Crippen LogP contribution in [-0.4, -0.2) is 12.1 Å². The van der Waals surface area contributed by atoms with E-state index in [2.05, 4.69) is 31.9 Å². The average molecular weight is 206 g/mol. The molecule has 0 aliphatic carbocycles. The van der Waals surface area contributed by atoms with Crippen LogP contribution in [0.4, 0.5) is 0 Å². The lowest BCUT2D eigenvalue weighted by Crippen LogP contribution is -2.21. The van der Waals surface area contributed by atoms with Crippen molar-refractivity contribution in [3.05, 3.63) is 25.3 Å². The molecular formula is C13H18O2. The molecule has 2 nitrogen and oxygen atoms in total. The molecule has 0 rings (SSSR count). The molecular weight excluding hydrogens is 188 g/mol. The van der Waals surface area contributed by atoms with E-state index in [1.54, 1.807) is 6.08 Å². The first-order valence-electron chi connectivity index (χ1n) is 5.09. The van der Waals surface area contributed by atoms with E-state index >= 15 is 0 Å². The summed E-state index contributed by atoms with van der Waals surface area (Å²) in [5.41, 5.74) is 0. The molecule has 0 aromatic heterocycles. The van der Waals surface area contributed by atoms with E-state index in [9.17, 15) is 4.79 Å². The van der Waals surface area contributed by atoms with E-state index in [0.29, 0.717) is 0 Å². The lowest BCUT2D eigenvalue weighted by Gasteiger charge is -2.15. The normalized spacial score (nSPS) is 12.9. The van der Waals surface area contributed by atoms with Gasteiger partial charge in [-0.2, -0.15) is 0 Å². The molecule has 0 aromatic rings. The molecule has 0 saturated carbocycles. The van der Waals surface area contributed by atoms with Crippen LogP contribution in [0.15, 0.2) is 25.3 Å². The lowest BCUT2D eigenvalue weighted by atomic mass is 10.1. The van der Waals surface area contributed by atoms with Crippen molar-refractivity contribution in [3.8, 4) is 11.8 Å². The van der Waals surface area contributed by atoms with Crippen molar-refractivity contribution in [3.63, 3.8) is 0 Å². The molecule has 0 bridgehead atoms. The van der Waals surface area contributed by atoms with Crippen LogP contribution in [0.5, 0.6) is 0 Å². The van der Waals surface area contributed by atoms with E-state index in [-0.39, 0.29) is 5.92 Å². The third kappa shape index (κ3) is 5.74. The van der Waals surface area contributed by atoms with Crippen molar-refractivity contribution in [1.29, 1.82) is 0 Å². The fraction of sp³-hybridized carbons (Fsp3) is 0.462. The lowest BCUT2D eigenvalue weighted by molar-refractivity contribution is -0.141. The zero-order valence-electron chi connectivity index (χ0n) is 9.45. The molecule has 0 unspecified atom stereocenters. The summed E-state index contributed by atoms with van der Waals surface area (Å²) in [6.07, 6.45) is 4.26. The monoisotopic (exact) mass is 206 g/mol. The van der Waals surface area contributed by atoms with Gasteiger partial charge in [-0.1, -0.05) is 38.3 Å². The van der Waals surface area contributed by atoms with E-state index in [0.717, 1.165) is 18.9 Å². The number of unbranched alkanes of at least 4 members (excludes halogenated alkanes) is 1. The molecule has 15 heavy (non-hydrogen) atoms. The second-order valence-electron chi connectivity index (χ2n) is 3.23. The molecule has 0 aliphatic rings. The van der Waals surface area contributed by atoms with Crippen molar-refractivity contribution in [2.45, 2.75) is 32.8 Å². The predicted molar refractivity (Wildman–Crippen MR) is 62.1 cm³/mol. The molecule has 0 radical (unpaired) electrons. The van der Waals surface area contributed by atoms with Crippen molar-refractivity contribution in [2.75, 3.05) is 0 Å². The fourth-order valence-corrected chi connectivity index (χ4v) is 0.863. The van der Waals surface area contributed by atoms with Crippen molar-refractivity contribution >= 4 is 5.97 Å². The Hall–Kier alpha value is -1.49. The predicted octanol–water partition coefficient (Wildman–Crippen LogP) is 2.71. The van der Waals surface area contributed by atoms with Crippen LogP contribution in [0.1, 0.15) is 26.7 Å². The van der Waals surface area contributed by atoms with Crippen molar-refractivity contribution in [2.24, 2.45) is 5.92 Å². The van der Waals surface area contributed by atoms with E-state index in [4.69, 9.17) is 4.74 Å². The third-order valence-corrected chi connectivity index (χ3v) is 1.88. The summed E-state index contributed by atoms with van der Waals surface area (Å²) >= 11 is 0. The Morgan fingerprint density at radius 1 is 1.53 bits per heavy atom. The summed E-state index contributed by atoms with van der Waals surface area (Å²) in [6.45, 7) is 11.0. The standard InChI is InChI=1S/C13H18O2/c1-5-8-9-10-12(11(4)6-2)15-13(14)7-3/h6-7,11-12H,2-3,5,8H2,1,4H3/t11-,12-/m0/s1. The van der Waals surface area contributed by atoms with Crippen LogP contribution >= 0.6 is 0 Å². The van der Waals surface area contributed by atoms with Gasteiger partial charge < -0.3 is 4.74 Å². The van der Waals surface area contributed by atoms with Crippen LogP contribution in [0, 0.1) is 17.8 Å². The maximum absolute atomic E-state index is 11.0. The maximum Gasteiger partial charge on any atom is 0.331 e. The Labute approximate surface area is 92.0 Å². The maximum atomic E-state index is 11.0. The number of carbonyl (C=O) groups excluding carboxylic acids is 1. The van der Waals surface area contributed by atoms with Gasteiger partial charge in [0.25, 0.3) is 0 Å². The number of hydrogen-bond acceptors (Lipinski definition) is 2. The molecule has 0 saturated heterocycles. The molecule has 2 atom stereocenters. The van der Waals surface area contributed by atoms with Gasteiger partial charge in [0.05, 0.1) is 0 Å². The Kier molecular flexibility index (Phi) is 7.09. The van der Waals surface area contributed by atoms with Gasteiger partial charge in [-0.15, -0.1) is 6.58 Å². The molecule has 2 heteroatoms. The highest BCUT2D eigenvalue weighted by molar-refractivity contribution is 5.81. The van der Waals surface area contributed by atoms with Crippen LogP contribution in [0.3, 0.4) is 0 Å². The van der Waals surface area contributed by atoms with Gasteiger partial charge in [0.2, 0.25) is 0 Å². The van der Waals surface area contributed by atoms with Crippen LogP contribution in [0.2, 0.25) is 0 Å². The van der Waals surface area contributed by atoms with Crippen molar-refractivity contribution in [1.82, 2.24) is 0 Å². The molecule has 0 amide bonds. The topological polar surface area (TPSA) is 26.3 Å². The minimum absolute atomic E-state index is 0.0262. The SMILES string of the molecule is C=CC(=O)O[C@@H](C#CCCC)[C@@H](C)C=C. The Balaban J connectivity index is 4.45. The Bertz CT molecular complexity index is 281. The van der Waals surface area contributed by atoms with Crippen molar-refractivity contribution < 1.29 is 9.53 Å². The summed E-state index contributed by atoms with van der Waals surface area (Å²) in [6, 6.07) is 0. The number of ether oxygens (including phenoxy) is 1. The van der Waals surface area contributed by atoms with E-state index in [1.165, 1.54) is 0 Å². The van der Waals surface area contributed by atoms with Crippen LogP contribution in [-0.2, 0) is 9.53 Å². The highest BCUT2D eigenvalue weighted by Gasteiger charge is 2.14. The largest absolute Gasteiger partial charge is 0.445 e. The second kappa shape index (κ2) is 7.87. The molecule has 0 heterocycles. The zero-order chi connectivity index (χ0) is 11.7. The zero-order valence-corrected chi connectivity index (χ0v) is 9.45. The Morgan fingerprint density at radius 3 is 2.67 bits per heavy atom. The summed E-state index contributed by atoms with van der Waals surface area (Å²) in [5, 5.41) is 0. The summed E-state index contributed by atoms with van der Waals surface area (Å²) in [7, 11) is 0. The van der Waals surface area contributed by atoms with Gasteiger partial charge in [-0.25, -0.2) is 4.79 Å². The summed E-state index contributed by atoms with van der Waals surface area (Å²) < 4.78 is 5.10. The number of esters is 1. The molecule has 0 aromatic carbocycles. The van der Waals surface area contributed by atoms with Gasteiger partial charge in [0, 0.05) is 18.4 Å². The van der Waals surface area contributed by atoms with E-state index in [1.807, 2.05) is 6.92 Å². The number of hydrogen-bond donors (Lipinski definition) is 0. The third-order valence-electron chi connectivity index (χ3n) is 1.88. The highest BCUT2D eigenvalue weighted by atomic mass is 16.5. The first-order valence-corrected chi connectivity index (χ1v) is 5.09. The smallest absolute Gasteiger partial charge is 0.331 e. The van der Waals surface area contributed by atoms with Crippen LogP contribution in [0.25, 0.3) is 0 Å². The van der Waals surface area contributed by atoms with E-state index < -0.39 is 12.1 Å². The van der Waals surface area contributed by atoms with Gasteiger partial charge >= 0.3 is 5.97 Å². The molecule has 82 valence electrons. The fourth-order valence-electron chi connectivity index (χ4n) is 0.863. The molecule has 0 spiro atoms. The minimum Gasteiger partial charge on any atom is -0.445 e. The summed E-state index contributed by atoms with van der Waals surface area (Å²) in [4.78, 5) is 11.0. The first kappa shape index (κ1) is 13.5. The first-order chi connectivity index (χ1) is 7.15. The molecule has 0 N–H and O–H groups in total. The minimum atomic E-state index is -0.445. The summed E-state index contributed by atoms with van der Waals surface area (Å²) in [5.74, 6) is 5.48. The number of carbonyl (C=O) groups is 1. The second-order valence-corrected chi connectivity index (χ2v) is 3.23.